The highest BCUT2D eigenvalue weighted by atomic mass is 35.5. The van der Waals surface area contributed by atoms with Crippen molar-refractivity contribution in [3.05, 3.63) is 68.1 Å². The molecule has 7 rings (SSSR count). The van der Waals surface area contributed by atoms with E-state index < -0.39 is 17.0 Å². The van der Waals surface area contributed by atoms with Crippen molar-refractivity contribution in [2.75, 3.05) is 0 Å². The minimum Gasteiger partial charge on any atom is -0.382 e. The summed E-state index contributed by atoms with van der Waals surface area (Å²) in [7, 11) is 0. The number of thiazole rings is 1. The fraction of sp³-hybridized carbons (Fsp3) is 0.433. The van der Waals surface area contributed by atoms with Crippen LogP contribution in [0.25, 0.3) is 21.5 Å². The van der Waals surface area contributed by atoms with Gasteiger partial charge in [0.15, 0.2) is 5.82 Å². The Balaban J connectivity index is 1.17. The molecule has 0 radical (unpaired) electrons. The van der Waals surface area contributed by atoms with Gasteiger partial charge >= 0.3 is 0 Å². The second-order valence-electron chi connectivity index (χ2n) is 11.6. The maximum Gasteiger partial charge on any atom is 0.151 e. The van der Waals surface area contributed by atoms with E-state index in [1.165, 1.54) is 17.4 Å². The largest absolute Gasteiger partial charge is 0.382 e. The lowest BCUT2D eigenvalue weighted by Crippen LogP contribution is -2.49. The monoisotopic (exact) mass is 597 g/mol. The number of ether oxygens (including phenoxy) is 1. The predicted octanol–water partition coefficient (Wildman–Crippen LogP) is 8.13. The highest BCUT2D eigenvalue weighted by molar-refractivity contribution is 7.18. The van der Waals surface area contributed by atoms with Gasteiger partial charge in [0, 0.05) is 17.0 Å². The maximum atomic E-state index is 14.7. The summed E-state index contributed by atoms with van der Waals surface area (Å²) in [5.74, 6) is 0.447. The fourth-order valence-corrected chi connectivity index (χ4v) is 8.65. The molecule has 3 aliphatic carbocycles. The van der Waals surface area contributed by atoms with Gasteiger partial charge in [-0.15, -0.1) is 11.3 Å². The molecule has 2 unspecified atom stereocenters. The number of fused-ring (bicyclic) bond motifs is 3. The molecule has 10 heteroatoms. The molecule has 4 aromatic rings. The van der Waals surface area contributed by atoms with Gasteiger partial charge in [0.25, 0.3) is 0 Å². The van der Waals surface area contributed by atoms with Gasteiger partial charge in [0.05, 0.1) is 38.6 Å². The van der Waals surface area contributed by atoms with Crippen molar-refractivity contribution in [2.45, 2.75) is 69.2 Å². The molecule has 3 saturated carbocycles. The zero-order chi connectivity index (χ0) is 27.8. The molecule has 3 aliphatic rings. The summed E-state index contributed by atoms with van der Waals surface area (Å²) in [6.07, 6.45) is 5.03. The molecule has 0 aliphatic heterocycles. The van der Waals surface area contributed by atoms with Crippen molar-refractivity contribution in [3.8, 4) is 17.3 Å². The van der Waals surface area contributed by atoms with Crippen molar-refractivity contribution in [3.63, 3.8) is 0 Å². The van der Waals surface area contributed by atoms with Crippen LogP contribution in [0.4, 0.5) is 4.39 Å². The number of rotatable bonds is 6. The Bertz CT molecular complexity index is 1660. The Morgan fingerprint density at radius 2 is 1.88 bits per heavy atom. The molecule has 40 heavy (non-hydrogen) atoms. The summed E-state index contributed by atoms with van der Waals surface area (Å²) in [4.78, 5) is 4.56. The van der Waals surface area contributed by atoms with Crippen molar-refractivity contribution in [1.82, 2.24) is 10.1 Å². The average molecular weight is 599 g/mol. The van der Waals surface area contributed by atoms with Crippen molar-refractivity contribution in [1.29, 1.82) is 5.26 Å². The van der Waals surface area contributed by atoms with Crippen LogP contribution in [-0.4, -0.2) is 20.8 Å². The zero-order valence-electron chi connectivity index (χ0n) is 21.7. The van der Waals surface area contributed by atoms with E-state index in [-0.39, 0.29) is 22.9 Å². The van der Waals surface area contributed by atoms with Gasteiger partial charge in [-0.2, -0.15) is 5.26 Å². The summed E-state index contributed by atoms with van der Waals surface area (Å²) in [6.45, 7) is 2.39. The third kappa shape index (κ3) is 4.17. The molecular formula is C30H26Cl2FN3O3S. The van der Waals surface area contributed by atoms with E-state index in [4.69, 9.17) is 32.5 Å². The van der Waals surface area contributed by atoms with Gasteiger partial charge in [-0.25, -0.2) is 9.37 Å². The molecule has 0 amide bonds. The summed E-state index contributed by atoms with van der Waals surface area (Å²) in [6, 6.07) is 10.2. The second-order valence-corrected chi connectivity index (χ2v) is 13.5. The molecule has 6 nitrogen and oxygen atoms in total. The third-order valence-electron chi connectivity index (χ3n) is 8.92. The first-order valence-corrected chi connectivity index (χ1v) is 15.1. The van der Waals surface area contributed by atoms with Crippen LogP contribution in [0, 0.1) is 29.0 Å². The SMILES string of the molecule is CC1(OCc2c(-c3c(Cl)cccc3Cl)noc2C2CC2)C[C@H]2CC[C@@H](C1)C2(O)c1nc2c(F)cc(C#N)cc2s1. The molecule has 0 spiro atoms. The molecule has 1 N–H and O–H groups in total. The highest BCUT2D eigenvalue weighted by Gasteiger charge is 2.59. The van der Waals surface area contributed by atoms with Gasteiger partial charge in [0.1, 0.15) is 27.6 Å². The minimum atomic E-state index is -1.15. The molecule has 2 aromatic heterocycles. The minimum absolute atomic E-state index is 0.0850. The molecule has 3 fully saturated rings. The van der Waals surface area contributed by atoms with Crippen LogP contribution in [0.2, 0.25) is 10.0 Å². The van der Waals surface area contributed by atoms with Crippen LogP contribution in [0.3, 0.4) is 0 Å². The Kier molecular flexibility index (Phi) is 6.26. The fourth-order valence-electron chi connectivity index (χ4n) is 6.80. The van der Waals surface area contributed by atoms with E-state index in [9.17, 15) is 14.8 Å². The van der Waals surface area contributed by atoms with Crippen LogP contribution in [0.5, 0.6) is 0 Å². The van der Waals surface area contributed by atoms with E-state index >= 15 is 0 Å². The summed E-state index contributed by atoms with van der Waals surface area (Å²) in [5.41, 5.74) is 0.947. The smallest absolute Gasteiger partial charge is 0.151 e. The second kappa shape index (κ2) is 9.50. The first kappa shape index (κ1) is 26.4. The molecule has 206 valence electrons. The lowest BCUT2D eigenvalue weighted by atomic mass is 9.68. The van der Waals surface area contributed by atoms with Gasteiger partial charge in [-0.3, -0.25) is 0 Å². The number of aromatic nitrogens is 2. The maximum absolute atomic E-state index is 14.7. The van der Waals surface area contributed by atoms with E-state index in [0.29, 0.717) is 56.4 Å². The standard InChI is InChI=1S/C30H26Cl2FN3O3S/c1-29(38-14-19-25(36-39-27(19)16-5-6-16)24-20(31)3-2-4-21(24)32)11-17-7-8-18(12-29)30(17,37)28-35-26-22(33)9-15(13-34)10-23(26)40-28/h2-4,9-10,16-18,37H,5-8,11-12,14H2,1H3/t17-,18+,29?,30?. The summed E-state index contributed by atoms with van der Waals surface area (Å²) >= 11 is 14.3. The number of halogens is 3. The predicted molar refractivity (Wildman–Crippen MR) is 151 cm³/mol. The topological polar surface area (TPSA) is 92.2 Å². The van der Waals surface area contributed by atoms with Crippen LogP contribution in [0.1, 0.15) is 73.3 Å². The number of hydrogen-bond acceptors (Lipinski definition) is 7. The van der Waals surface area contributed by atoms with Crippen molar-refractivity contribution in [2.24, 2.45) is 11.8 Å². The van der Waals surface area contributed by atoms with Crippen LogP contribution < -0.4 is 0 Å². The number of benzene rings is 2. The zero-order valence-corrected chi connectivity index (χ0v) is 24.0. The lowest BCUT2D eigenvalue weighted by Gasteiger charge is -2.46. The van der Waals surface area contributed by atoms with E-state index in [1.54, 1.807) is 24.3 Å². The summed E-state index contributed by atoms with van der Waals surface area (Å²) < 4.78 is 27.7. The average Bonchev–Trinajstić information content (AvgIpc) is 3.48. The van der Waals surface area contributed by atoms with E-state index in [0.717, 1.165) is 37.0 Å². The molecule has 4 atom stereocenters. The summed E-state index contributed by atoms with van der Waals surface area (Å²) in [5, 5.41) is 27.2. The molecule has 2 bridgehead atoms. The quantitative estimate of drug-likeness (QED) is 0.241. The van der Waals surface area contributed by atoms with Crippen molar-refractivity contribution >= 4 is 44.8 Å². The van der Waals surface area contributed by atoms with Gasteiger partial charge in [0.2, 0.25) is 0 Å². The molecule has 2 aromatic carbocycles. The van der Waals surface area contributed by atoms with Crippen molar-refractivity contribution < 1.29 is 18.8 Å². The molecule has 0 saturated heterocycles. The van der Waals surface area contributed by atoms with Gasteiger partial charge < -0.3 is 14.4 Å². The van der Waals surface area contributed by atoms with Gasteiger partial charge in [-0.1, -0.05) is 34.4 Å². The van der Waals surface area contributed by atoms with Crippen LogP contribution >= 0.6 is 34.5 Å². The first-order chi connectivity index (χ1) is 19.2. The lowest BCUT2D eigenvalue weighted by molar-refractivity contribution is -0.158. The third-order valence-corrected chi connectivity index (χ3v) is 10.7. The van der Waals surface area contributed by atoms with Crippen LogP contribution in [0.15, 0.2) is 34.9 Å². The van der Waals surface area contributed by atoms with Crippen LogP contribution in [-0.2, 0) is 16.9 Å². The number of nitrogens with zero attached hydrogens (tertiary/aromatic N) is 3. The van der Waals surface area contributed by atoms with Gasteiger partial charge in [-0.05, 0) is 81.5 Å². The number of hydrogen-bond donors (Lipinski definition) is 1. The van der Waals surface area contributed by atoms with E-state index in [1.807, 2.05) is 6.07 Å². The Hall–Kier alpha value is -2.54. The van der Waals surface area contributed by atoms with E-state index in [2.05, 4.69) is 17.1 Å². The Morgan fingerprint density at radius 3 is 2.52 bits per heavy atom. The number of aliphatic hydroxyl groups is 1. The highest BCUT2D eigenvalue weighted by Crippen LogP contribution is 2.59. The molecule has 2 heterocycles. The first-order valence-electron chi connectivity index (χ1n) is 13.5. The Morgan fingerprint density at radius 1 is 1.18 bits per heavy atom. The molecular weight excluding hydrogens is 572 g/mol. The number of nitriles is 1. The Labute approximate surface area is 244 Å². The normalized spacial score (nSPS) is 27.8.